The van der Waals surface area contributed by atoms with Gasteiger partial charge in [-0.3, -0.25) is 9.59 Å². The van der Waals surface area contributed by atoms with Crippen LogP contribution in [0, 0.1) is 13.8 Å². The zero-order valence-corrected chi connectivity index (χ0v) is 14.7. The van der Waals surface area contributed by atoms with Crippen molar-refractivity contribution in [3.8, 4) is 5.82 Å². The van der Waals surface area contributed by atoms with Gasteiger partial charge in [-0.15, -0.1) is 5.10 Å². The van der Waals surface area contributed by atoms with E-state index >= 15 is 0 Å². The Bertz CT molecular complexity index is 820. The standard InChI is InChI=1S/C17H23N5O3/c1-11-9-12(2)21(19-11)15-6-7-16(23)22(20-15)13(3)17(24)18-10-14-5-4-8-25-14/h6-7,9,13-14H,4-5,8,10H2,1-3H3,(H,18,24). The van der Waals surface area contributed by atoms with Crippen LogP contribution in [-0.4, -0.2) is 44.7 Å². The molecule has 0 aromatic carbocycles. The molecule has 0 spiro atoms. The second-order valence-corrected chi connectivity index (χ2v) is 6.37. The smallest absolute Gasteiger partial charge is 0.267 e. The molecule has 25 heavy (non-hydrogen) atoms. The number of rotatable bonds is 5. The lowest BCUT2D eigenvalue weighted by Gasteiger charge is -2.17. The van der Waals surface area contributed by atoms with E-state index in [1.54, 1.807) is 17.7 Å². The quantitative estimate of drug-likeness (QED) is 0.869. The van der Waals surface area contributed by atoms with Crippen molar-refractivity contribution in [2.45, 2.75) is 45.8 Å². The fourth-order valence-corrected chi connectivity index (χ4v) is 2.94. The number of carbonyl (C=O) groups is 1. The topological polar surface area (TPSA) is 91.0 Å². The lowest BCUT2D eigenvalue weighted by Crippen LogP contribution is -2.40. The normalized spacial score (nSPS) is 18.3. The lowest BCUT2D eigenvalue weighted by atomic mass is 10.2. The number of aromatic nitrogens is 4. The Hall–Kier alpha value is -2.48. The van der Waals surface area contributed by atoms with Crippen LogP contribution in [0.15, 0.2) is 23.0 Å². The second kappa shape index (κ2) is 7.18. The molecule has 1 amide bonds. The van der Waals surface area contributed by atoms with Crippen LogP contribution in [0.5, 0.6) is 0 Å². The van der Waals surface area contributed by atoms with E-state index in [0.29, 0.717) is 12.4 Å². The number of nitrogens with zero attached hydrogens (tertiary/aromatic N) is 4. The van der Waals surface area contributed by atoms with E-state index in [0.717, 1.165) is 30.8 Å². The molecular formula is C17H23N5O3. The van der Waals surface area contributed by atoms with Crippen molar-refractivity contribution < 1.29 is 9.53 Å². The summed E-state index contributed by atoms with van der Waals surface area (Å²) in [5, 5.41) is 11.5. The molecule has 2 aromatic rings. The highest BCUT2D eigenvalue weighted by Crippen LogP contribution is 2.12. The van der Waals surface area contributed by atoms with Crippen molar-refractivity contribution in [2.75, 3.05) is 13.2 Å². The van der Waals surface area contributed by atoms with Crippen molar-refractivity contribution in [1.29, 1.82) is 0 Å². The first-order chi connectivity index (χ1) is 12.0. The van der Waals surface area contributed by atoms with Gasteiger partial charge in [-0.25, -0.2) is 9.36 Å². The monoisotopic (exact) mass is 345 g/mol. The minimum absolute atomic E-state index is 0.0573. The first-order valence-corrected chi connectivity index (χ1v) is 8.48. The summed E-state index contributed by atoms with van der Waals surface area (Å²) < 4.78 is 8.34. The van der Waals surface area contributed by atoms with Gasteiger partial charge in [-0.1, -0.05) is 0 Å². The fourth-order valence-electron chi connectivity index (χ4n) is 2.94. The van der Waals surface area contributed by atoms with Crippen LogP contribution in [0.2, 0.25) is 0 Å². The van der Waals surface area contributed by atoms with E-state index in [1.807, 2.05) is 19.9 Å². The zero-order chi connectivity index (χ0) is 18.0. The van der Waals surface area contributed by atoms with Crippen LogP contribution in [0.25, 0.3) is 5.82 Å². The molecule has 1 N–H and O–H groups in total. The Labute approximate surface area is 145 Å². The Morgan fingerprint density at radius 3 is 2.84 bits per heavy atom. The molecule has 1 aliphatic rings. The molecule has 0 aliphatic carbocycles. The SMILES string of the molecule is Cc1cc(C)n(-c2ccc(=O)n(C(C)C(=O)NCC3CCCO3)n2)n1. The maximum Gasteiger partial charge on any atom is 0.267 e. The molecule has 3 rings (SSSR count). The van der Waals surface area contributed by atoms with Gasteiger partial charge in [0.25, 0.3) is 5.56 Å². The lowest BCUT2D eigenvalue weighted by molar-refractivity contribution is -0.124. The van der Waals surface area contributed by atoms with Gasteiger partial charge >= 0.3 is 0 Å². The van der Waals surface area contributed by atoms with E-state index in [-0.39, 0.29) is 17.6 Å². The predicted octanol–water partition coefficient (Wildman–Crippen LogP) is 0.902. The molecule has 1 fully saturated rings. The Kier molecular flexibility index (Phi) is 4.98. The van der Waals surface area contributed by atoms with Crippen molar-refractivity contribution in [1.82, 2.24) is 24.9 Å². The number of carbonyl (C=O) groups excluding carboxylic acids is 1. The first kappa shape index (κ1) is 17.3. The minimum atomic E-state index is -0.717. The molecule has 2 atom stereocenters. The maximum atomic E-state index is 12.4. The molecule has 2 aromatic heterocycles. The minimum Gasteiger partial charge on any atom is -0.376 e. The highest BCUT2D eigenvalue weighted by Gasteiger charge is 2.21. The van der Waals surface area contributed by atoms with Crippen molar-refractivity contribution in [2.24, 2.45) is 0 Å². The van der Waals surface area contributed by atoms with Crippen LogP contribution in [0.4, 0.5) is 0 Å². The zero-order valence-electron chi connectivity index (χ0n) is 14.7. The third-order valence-electron chi connectivity index (χ3n) is 4.31. The Morgan fingerprint density at radius 2 is 2.20 bits per heavy atom. The number of hydrogen-bond acceptors (Lipinski definition) is 5. The van der Waals surface area contributed by atoms with Gasteiger partial charge in [-0.05, 0) is 45.7 Å². The average Bonchev–Trinajstić information content (AvgIpc) is 3.22. The molecule has 0 saturated carbocycles. The van der Waals surface area contributed by atoms with Gasteiger partial charge in [0, 0.05) is 24.9 Å². The second-order valence-electron chi connectivity index (χ2n) is 6.37. The molecule has 0 radical (unpaired) electrons. The van der Waals surface area contributed by atoms with Crippen LogP contribution < -0.4 is 10.9 Å². The van der Waals surface area contributed by atoms with Crippen LogP contribution in [-0.2, 0) is 9.53 Å². The van der Waals surface area contributed by atoms with Crippen molar-refractivity contribution in [3.63, 3.8) is 0 Å². The molecule has 0 bridgehead atoms. The van der Waals surface area contributed by atoms with E-state index in [2.05, 4.69) is 15.5 Å². The molecule has 8 heteroatoms. The molecular weight excluding hydrogens is 322 g/mol. The van der Waals surface area contributed by atoms with E-state index in [9.17, 15) is 9.59 Å². The Balaban J connectivity index is 1.78. The van der Waals surface area contributed by atoms with E-state index in [1.165, 1.54) is 10.7 Å². The maximum absolute atomic E-state index is 12.4. The fraction of sp³-hybridized carbons (Fsp3) is 0.529. The predicted molar refractivity (Wildman–Crippen MR) is 91.8 cm³/mol. The summed E-state index contributed by atoms with van der Waals surface area (Å²) in [6.45, 7) is 6.65. The molecule has 8 nitrogen and oxygen atoms in total. The Morgan fingerprint density at radius 1 is 1.40 bits per heavy atom. The van der Waals surface area contributed by atoms with Gasteiger partial charge in [0.2, 0.25) is 5.91 Å². The highest BCUT2D eigenvalue weighted by molar-refractivity contribution is 5.79. The number of amides is 1. The largest absolute Gasteiger partial charge is 0.376 e. The summed E-state index contributed by atoms with van der Waals surface area (Å²) in [6, 6.07) is 4.22. The highest BCUT2D eigenvalue weighted by atomic mass is 16.5. The van der Waals surface area contributed by atoms with Crippen LogP contribution >= 0.6 is 0 Å². The van der Waals surface area contributed by atoms with Crippen LogP contribution in [0.3, 0.4) is 0 Å². The van der Waals surface area contributed by atoms with Gasteiger partial charge in [0.1, 0.15) is 6.04 Å². The molecule has 134 valence electrons. The number of ether oxygens (including phenoxy) is 1. The van der Waals surface area contributed by atoms with Gasteiger partial charge in [0.05, 0.1) is 11.8 Å². The first-order valence-electron chi connectivity index (χ1n) is 8.48. The summed E-state index contributed by atoms with van der Waals surface area (Å²) >= 11 is 0. The third-order valence-corrected chi connectivity index (χ3v) is 4.31. The molecule has 1 aliphatic heterocycles. The number of hydrogen-bond donors (Lipinski definition) is 1. The third kappa shape index (κ3) is 3.79. The number of nitrogens with one attached hydrogen (secondary N) is 1. The number of aryl methyl sites for hydroxylation is 2. The van der Waals surface area contributed by atoms with Crippen LogP contribution in [0.1, 0.15) is 37.2 Å². The summed E-state index contributed by atoms with van der Waals surface area (Å²) in [5.74, 6) is 0.250. The van der Waals surface area contributed by atoms with Crippen molar-refractivity contribution in [3.05, 3.63) is 39.9 Å². The van der Waals surface area contributed by atoms with Gasteiger partial charge in [-0.2, -0.15) is 5.10 Å². The summed E-state index contributed by atoms with van der Waals surface area (Å²) in [6.07, 6.45) is 2.02. The molecule has 2 unspecified atom stereocenters. The van der Waals surface area contributed by atoms with E-state index in [4.69, 9.17) is 4.74 Å². The average molecular weight is 345 g/mol. The summed E-state index contributed by atoms with van der Waals surface area (Å²) in [7, 11) is 0. The summed E-state index contributed by atoms with van der Waals surface area (Å²) in [4.78, 5) is 24.5. The van der Waals surface area contributed by atoms with Gasteiger partial charge in [0.15, 0.2) is 5.82 Å². The summed E-state index contributed by atoms with van der Waals surface area (Å²) in [5.41, 5.74) is 1.44. The van der Waals surface area contributed by atoms with Crippen molar-refractivity contribution >= 4 is 5.91 Å². The van der Waals surface area contributed by atoms with E-state index < -0.39 is 6.04 Å². The molecule has 1 saturated heterocycles. The molecule has 3 heterocycles. The van der Waals surface area contributed by atoms with Gasteiger partial charge < -0.3 is 10.1 Å².